The Labute approximate surface area is 63.3 Å². The summed E-state index contributed by atoms with van der Waals surface area (Å²) in [5.74, 6) is 0. The van der Waals surface area contributed by atoms with Gasteiger partial charge in [-0.3, -0.25) is 0 Å². The predicted molar refractivity (Wildman–Crippen MR) is 47.9 cm³/mol. The van der Waals surface area contributed by atoms with Crippen molar-refractivity contribution in [1.29, 1.82) is 0 Å². The quantitative estimate of drug-likeness (QED) is 0.409. The molecule has 0 aromatic rings. The Kier molecular flexibility index (Phi) is 7.13. The lowest BCUT2D eigenvalue weighted by Crippen LogP contribution is -1.55. The molecule has 0 bridgehead atoms. The molecule has 10 heavy (non-hydrogen) atoms. The molecule has 54 valence electrons. The van der Waals surface area contributed by atoms with Crippen LogP contribution in [0.25, 0.3) is 0 Å². The lowest BCUT2D eigenvalue weighted by molar-refractivity contribution is 1.38. The summed E-state index contributed by atoms with van der Waals surface area (Å²) in [4.78, 5) is 0. The molecule has 0 atom stereocenters. The van der Waals surface area contributed by atoms with E-state index < -0.39 is 0 Å². The standard InChI is InChI=1S/C10H14/c1-3-5-7-9-10-8-6-4-2/h3-7,9-10H,1,8H2,2H3/b6-4+,7-5-,10-9-. The number of hydrogen-bond donors (Lipinski definition) is 0. The van der Waals surface area contributed by atoms with E-state index in [0.29, 0.717) is 0 Å². The molecule has 0 aromatic carbocycles. The monoisotopic (exact) mass is 134 g/mol. The van der Waals surface area contributed by atoms with E-state index >= 15 is 0 Å². The topological polar surface area (TPSA) is 0 Å². The zero-order chi connectivity index (χ0) is 7.66. The van der Waals surface area contributed by atoms with Crippen LogP contribution in [0.3, 0.4) is 0 Å². The zero-order valence-electron chi connectivity index (χ0n) is 6.46. The summed E-state index contributed by atoms with van der Waals surface area (Å²) >= 11 is 0. The van der Waals surface area contributed by atoms with Crippen molar-refractivity contribution >= 4 is 0 Å². The molecule has 0 nitrogen and oxygen atoms in total. The highest BCUT2D eigenvalue weighted by Gasteiger charge is 1.64. The van der Waals surface area contributed by atoms with Crippen LogP contribution in [0, 0.1) is 0 Å². The zero-order valence-corrected chi connectivity index (χ0v) is 6.46. The molecular weight excluding hydrogens is 120 g/mol. The van der Waals surface area contributed by atoms with Gasteiger partial charge in [-0.2, -0.15) is 0 Å². The largest absolute Gasteiger partial charge is 0.0991 e. The highest BCUT2D eigenvalue weighted by atomic mass is 13.7. The lowest BCUT2D eigenvalue weighted by atomic mass is 10.3. The van der Waals surface area contributed by atoms with Crippen LogP contribution >= 0.6 is 0 Å². The van der Waals surface area contributed by atoms with E-state index in [1.54, 1.807) is 6.08 Å². The summed E-state index contributed by atoms with van der Waals surface area (Å²) in [5.41, 5.74) is 0. The molecule has 0 heteroatoms. The van der Waals surface area contributed by atoms with Gasteiger partial charge in [0.15, 0.2) is 0 Å². The van der Waals surface area contributed by atoms with Crippen molar-refractivity contribution in [1.82, 2.24) is 0 Å². The van der Waals surface area contributed by atoms with Crippen molar-refractivity contribution in [3.05, 3.63) is 49.1 Å². The van der Waals surface area contributed by atoms with Gasteiger partial charge in [0.2, 0.25) is 0 Å². The molecule has 0 radical (unpaired) electrons. The van der Waals surface area contributed by atoms with Gasteiger partial charge in [0, 0.05) is 0 Å². The Morgan fingerprint density at radius 3 is 2.50 bits per heavy atom. The minimum absolute atomic E-state index is 1.01. The van der Waals surface area contributed by atoms with E-state index in [1.165, 1.54) is 0 Å². The Hall–Kier alpha value is -1.04. The van der Waals surface area contributed by atoms with Crippen LogP contribution in [-0.2, 0) is 0 Å². The van der Waals surface area contributed by atoms with E-state index in [1.807, 2.05) is 31.2 Å². The van der Waals surface area contributed by atoms with Crippen molar-refractivity contribution in [2.75, 3.05) is 0 Å². The Bertz CT molecular complexity index is 147. The molecule has 0 N–H and O–H groups in total. The SMILES string of the molecule is C=C/C=C\C=C/C/C=C/C. The number of allylic oxidation sites excluding steroid dienone is 7. The fraction of sp³-hybridized carbons (Fsp3) is 0.200. The fourth-order valence-corrected chi connectivity index (χ4v) is 0.515. The molecule has 0 saturated heterocycles. The molecule has 0 amide bonds. The molecule has 0 unspecified atom stereocenters. The predicted octanol–water partition coefficient (Wildman–Crippen LogP) is 3.25. The summed E-state index contributed by atoms with van der Waals surface area (Å²) in [5, 5.41) is 0. The van der Waals surface area contributed by atoms with E-state index in [-0.39, 0.29) is 0 Å². The fourth-order valence-electron chi connectivity index (χ4n) is 0.515. The molecular formula is C10H14. The first-order valence-electron chi connectivity index (χ1n) is 3.47. The van der Waals surface area contributed by atoms with Crippen LogP contribution in [0.4, 0.5) is 0 Å². The minimum Gasteiger partial charge on any atom is -0.0991 e. The van der Waals surface area contributed by atoms with Gasteiger partial charge in [-0.05, 0) is 13.3 Å². The van der Waals surface area contributed by atoms with Crippen molar-refractivity contribution < 1.29 is 0 Å². The first-order chi connectivity index (χ1) is 4.91. The summed E-state index contributed by atoms with van der Waals surface area (Å²) in [6, 6.07) is 0. The molecule has 0 saturated carbocycles. The van der Waals surface area contributed by atoms with Crippen molar-refractivity contribution in [3.8, 4) is 0 Å². The van der Waals surface area contributed by atoms with Crippen LogP contribution in [0.5, 0.6) is 0 Å². The molecule has 0 aliphatic heterocycles. The highest BCUT2D eigenvalue weighted by Crippen LogP contribution is 1.86. The van der Waals surface area contributed by atoms with Crippen molar-refractivity contribution in [2.24, 2.45) is 0 Å². The van der Waals surface area contributed by atoms with E-state index in [4.69, 9.17) is 0 Å². The minimum atomic E-state index is 1.01. The van der Waals surface area contributed by atoms with Crippen LogP contribution in [0.1, 0.15) is 13.3 Å². The van der Waals surface area contributed by atoms with Crippen LogP contribution in [0.15, 0.2) is 49.1 Å². The third kappa shape index (κ3) is 6.96. The van der Waals surface area contributed by atoms with Crippen LogP contribution in [-0.4, -0.2) is 0 Å². The van der Waals surface area contributed by atoms with Gasteiger partial charge in [0.05, 0.1) is 0 Å². The second-order valence-corrected chi connectivity index (χ2v) is 1.85. The maximum Gasteiger partial charge on any atom is -0.0166 e. The number of hydrogen-bond acceptors (Lipinski definition) is 0. The molecule has 0 heterocycles. The van der Waals surface area contributed by atoms with Crippen molar-refractivity contribution in [3.63, 3.8) is 0 Å². The summed E-state index contributed by atoms with van der Waals surface area (Å²) < 4.78 is 0. The smallest absolute Gasteiger partial charge is 0.0166 e. The van der Waals surface area contributed by atoms with Crippen LogP contribution < -0.4 is 0 Å². The molecule has 0 aromatic heterocycles. The maximum absolute atomic E-state index is 3.56. The van der Waals surface area contributed by atoms with Gasteiger partial charge >= 0.3 is 0 Å². The lowest BCUT2D eigenvalue weighted by Gasteiger charge is -1.76. The maximum atomic E-state index is 3.56. The Balaban J connectivity index is 3.37. The van der Waals surface area contributed by atoms with E-state index in [9.17, 15) is 0 Å². The first-order valence-corrected chi connectivity index (χ1v) is 3.47. The summed E-state index contributed by atoms with van der Waals surface area (Å²) in [6.07, 6.45) is 14.9. The molecule has 0 fully saturated rings. The van der Waals surface area contributed by atoms with E-state index in [2.05, 4.69) is 18.7 Å². The Morgan fingerprint density at radius 1 is 1.10 bits per heavy atom. The second-order valence-electron chi connectivity index (χ2n) is 1.85. The molecule has 0 aliphatic carbocycles. The first kappa shape index (κ1) is 8.96. The third-order valence-electron chi connectivity index (χ3n) is 1.00. The van der Waals surface area contributed by atoms with Gasteiger partial charge in [-0.25, -0.2) is 0 Å². The van der Waals surface area contributed by atoms with Gasteiger partial charge in [-0.15, -0.1) is 0 Å². The average molecular weight is 134 g/mol. The normalized spacial score (nSPS) is 12.1. The molecule has 0 spiro atoms. The summed E-state index contributed by atoms with van der Waals surface area (Å²) in [7, 11) is 0. The van der Waals surface area contributed by atoms with E-state index in [0.717, 1.165) is 6.42 Å². The third-order valence-corrected chi connectivity index (χ3v) is 1.00. The number of rotatable bonds is 4. The Morgan fingerprint density at radius 2 is 1.90 bits per heavy atom. The highest BCUT2D eigenvalue weighted by molar-refractivity contribution is 5.09. The molecule has 0 rings (SSSR count). The average Bonchev–Trinajstić information content (AvgIpc) is 1.97. The summed E-state index contributed by atoms with van der Waals surface area (Å²) in [6.45, 7) is 5.58. The van der Waals surface area contributed by atoms with Gasteiger partial charge < -0.3 is 0 Å². The van der Waals surface area contributed by atoms with Crippen molar-refractivity contribution in [2.45, 2.75) is 13.3 Å². The van der Waals surface area contributed by atoms with Gasteiger partial charge in [-0.1, -0.05) is 49.1 Å². The molecule has 0 aliphatic rings. The van der Waals surface area contributed by atoms with Crippen LogP contribution in [0.2, 0.25) is 0 Å². The van der Waals surface area contributed by atoms with Gasteiger partial charge in [0.25, 0.3) is 0 Å². The second kappa shape index (κ2) is 7.96. The van der Waals surface area contributed by atoms with Gasteiger partial charge in [0.1, 0.15) is 0 Å².